The highest BCUT2D eigenvalue weighted by Gasteiger charge is 2.32. The molecule has 1 N–H and O–H groups in total. The molecule has 19 heavy (non-hydrogen) atoms. The van der Waals surface area contributed by atoms with Crippen molar-refractivity contribution in [3.63, 3.8) is 0 Å². The van der Waals surface area contributed by atoms with Gasteiger partial charge in [-0.05, 0) is 49.2 Å². The van der Waals surface area contributed by atoms with Crippen molar-refractivity contribution in [1.82, 2.24) is 5.32 Å². The average molecular weight is 257 g/mol. The van der Waals surface area contributed by atoms with Gasteiger partial charge >= 0.3 is 0 Å². The van der Waals surface area contributed by atoms with Crippen LogP contribution in [-0.4, -0.2) is 13.1 Å². The summed E-state index contributed by atoms with van der Waals surface area (Å²) >= 11 is 0. The third-order valence-electron chi connectivity index (χ3n) is 5.26. The zero-order valence-electron chi connectivity index (χ0n) is 12.0. The van der Waals surface area contributed by atoms with Crippen LogP contribution in [-0.2, 0) is 6.42 Å². The molecule has 1 heteroatoms. The third kappa shape index (κ3) is 3.39. The Balaban J connectivity index is 1.66. The molecule has 1 heterocycles. The third-order valence-corrected chi connectivity index (χ3v) is 5.26. The first kappa shape index (κ1) is 13.2. The second-order valence-electron chi connectivity index (χ2n) is 6.50. The van der Waals surface area contributed by atoms with Crippen LogP contribution in [0.3, 0.4) is 0 Å². The summed E-state index contributed by atoms with van der Waals surface area (Å²) in [7, 11) is 0. The van der Waals surface area contributed by atoms with E-state index < -0.39 is 0 Å². The molecular formula is C18H27N. The van der Waals surface area contributed by atoms with Crippen LogP contribution in [0.4, 0.5) is 0 Å². The van der Waals surface area contributed by atoms with Crippen molar-refractivity contribution in [2.75, 3.05) is 13.1 Å². The predicted molar refractivity (Wildman–Crippen MR) is 81.2 cm³/mol. The quantitative estimate of drug-likeness (QED) is 0.862. The van der Waals surface area contributed by atoms with Gasteiger partial charge in [-0.25, -0.2) is 0 Å². The summed E-state index contributed by atoms with van der Waals surface area (Å²) in [6, 6.07) is 11.1. The van der Waals surface area contributed by atoms with Gasteiger partial charge in [-0.2, -0.15) is 0 Å². The van der Waals surface area contributed by atoms with E-state index in [1.165, 1.54) is 63.6 Å². The van der Waals surface area contributed by atoms with Crippen molar-refractivity contribution in [1.29, 1.82) is 0 Å². The van der Waals surface area contributed by atoms with Gasteiger partial charge in [0.25, 0.3) is 0 Å². The second-order valence-corrected chi connectivity index (χ2v) is 6.50. The summed E-state index contributed by atoms with van der Waals surface area (Å²) in [5.41, 5.74) is 1.53. The van der Waals surface area contributed by atoms with E-state index in [-0.39, 0.29) is 0 Å². The first-order chi connectivity index (χ1) is 9.43. The number of hydrogen-bond acceptors (Lipinski definition) is 1. The normalized spacial score (nSPS) is 29.3. The van der Waals surface area contributed by atoms with Crippen LogP contribution in [0.15, 0.2) is 30.3 Å². The number of benzene rings is 1. The van der Waals surface area contributed by atoms with Crippen molar-refractivity contribution >= 4 is 0 Å². The van der Waals surface area contributed by atoms with E-state index in [1.807, 2.05) is 0 Å². The van der Waals surface area contributed by atoms with Crippen LogP contribution in [0.2, 0.25) is 0 Å². The van der Waals surface area contributed by atoms with Gasteiger partial charge in [-0.1, -0.05) is 62.4 Å². The van der Waals surface area contributed by atoms with Gasteiger partial charge in [0.05, 0.1) is 0 Å². The molecule has 2 unspecified atom stereocenters. The van der Waals surface area contributed by atoms with E-state index in [0.717, 1.165) is 17.8 Å². The number of piperidine rings is 1. The molecule has 1 nitrogen and oxygen atoms in total. The minimum atomic E-state index is 0.860. The summed E-state index contributed by atoms with van der Waals surface area (Å²) in [6.07, 6.45) is 10.1. The molecule has 2 fully saturated rings. The molecule has 1 aliphatic heterocycles. The zero-order valence-corrected chi connectivity index (χ0v) is 12.0. The van der Waals surface area contributed by atoms with E-state index in [0.29, 0.717) is 0 Å². The smallest absolute Gasteiger partial charge is 0.00146 e. The lowest BCUT2D eigenvalue weighted by Gasteiger charge is -2.39. The van der Waals surface area contributed by atoms with Gasteiger partial charge in [0.2, 0.25) is 0 Å². The standard InChI is InChI=1S/C18H27N/c1-3-7-15(8-4-1)13-17-14-19-12-11-18(17)16-9-5-2-6-10-16/h1,3-4,7-8,16-19H,2,5-6,9-14H2. The molecule has 0 spiro atoms. The number of nitrogens with one attached hydrogen (secondary N) is 1. The molecule has 3 rings (SSSR count). The summed E-state index contributed by atoms with van der Waals surface area (Å²) in [4.78, 5) is 0. The molecular weight excluding hydrogens is 230 g/mol. The van der Waals surface area contributed by atoms with Crippen LogP contribution in [0, 0.1) is 17.8 Å². The maximum absolute atomic E-state index is 3.62. The van der Waals surface area contributed by atoms with Crippen LogP contribution in [0.5, 0.6) is 0 Å². The van der Waals surface area contributed by atoms with Crippen molar-refractivity contribution < 1.29 is 0 Å². The van der Waals surface area contributed by atoms with Gasteiger partial charge in [-0.3, -0.25) is 0 Å². The Bertz CT molecular complexity index is 367. The SMILES string of the molecule is c1ccc(CC2CNCCC2C2CCCCC2)cc1. The predicted octanol–water partition coefficient (Wildman–Crippen LogP) is 4.04. The number of hydrogen-bond donors (Lipinski definition) is 1. The highest BCUT2D eigenvalue weighted by molar-refractivity contribution is 5.15. The van der Waals surface area contributed by atoms with Crippen LogP contribution >= 0.6 is 0 Å². The maximum atomic E-state index is 3.62. The van der Waals surface area contributed by atoms with Crippen LogP contribution in [0.1, 0.15) is 44.1 Å². The molecule has 1 aliphatic carbocycles. The van der Waals surface area contributed by atoms with E-state index in [9.17, 15) is 0 Å². The molecule has 0 bridgehead atoms. The van der Waals surface area contributed by atoms with Crippen molar-refractivity contribution in [2.24, 2.45) is 17.8 Å². The fourth-order valence-electron chi connectivity index (χ4n) is 4.27. The Morgan fingerprint density at radius 1 is 0.947 bits per heavy atom. The van der Waals surface area contributed by atoms with Gasteiger partial charge in [0, 0.05) is 0 Å². The molecule has 1 aromatic rings. The van der Waals surface area contributed by atoms with Crippen molar-refractivity contribution in [3.8, 4) is 0 Å². The van der Waals surface area contributed by atoms with Gasteiger partial charge < -0.3 is 5.32 Å². The maximum Gasteiger partial charge on any atom is -0.00146 e. The fraction of sp³-hybridized carbons (Fsp3) is 0.667. The van der Waals surface area contributed by atoms with Gasteiger partial charge in [0.15, 0.2) is 0 Å². The van der Waals surface area contributed by atoms with E-state index in [4.69, 9.17) is 0 Å². The second kappa shape index (κ2) is 6.56. The van der Waals surface area contributed by atoms with Gasteiger partial charge in [0.1, 0.15) is 0 Å². The molecule has 0 radical (unpaired) electrons. The summed E-state index contributed by atoms with van der Waals surface area (Å²) in [6.45, 7) is 2.47. The average Bonchev–Trinajstić information content (AvgIpc) is 2.50. The molecule has 1 saturated carbocycles. The monoisotopic (exact) mass is 257 g/mol. The van der Waals surface area contributed by atoms with Crippen molar-refractivity contribution in [2.45, 2.75) is 44.9 Å². The lowest BCUT2D eigenvalue weighted by molar-refractivity contribution is 0.139. The highest BCUT2D eigenvalue weighted by atomic mass is 14.9. The summed E-state index contributed by atoms with van der Waals surface area (Å²) in [5, 5.41) is 3.62. The minimum Gasteiger partial charge on any atom is -0.316 e. The number of rotatable bonds is 3. The zero-order chi connectivity index (χ0) is 12.9. The van der Waals surface area contributed by atoms with Crippen molar-refractivity contribution in [3.05, 3.63) is 35.9 Å². The Hall–Kier alpha value is -0.820. The molecule has 1 saturated heterocycles. The molecule has 104 valence electrons. The summed E-state index contributed by atoms with van der Waals surface area (Å²) < 4.78 is 0. The Kier molecular flexibility index (Phi) is 4.55. The molecule has 2 aliphatic rings. The van der Waals surface area contributed by atoms with Crippen LogP contribution < -0.4 is 5.32 Å². The highest BCUT2D eigenvalue weighted by Crippen LogP contribution is 2.38. The molecule has 1 aromatic carbocycles. The topological polar surface area (TPSA) is 12.0 Å². The van der Waals surface area contributed by atoms with E-state index in [2.05, 4.69) is 35.6 Å². The molecule has 0 amide bonds. The molecule has 2 atom stereocenters. The first-order valence-electron chi connectivity index (χ1n) is 8.18. The Morgan fingerprint density at radius 3 is 2.53 bits per heavy atom. The minimum absolute atomic E-state index is 0.860. The Labute approximate surface area is 117 Å². The summed E-state index contributed by atoms with van der Waals surface area (Å²) in [5.74, 6) is 2.85. The lowest BCUT2D eigenvalue weighted by Crippen LogP contribution is -2.41. The van der Waals surface area contributed by atoms with E-state index in [1.54, 1.807) is 0 Å². The van der Waals surface area contributed by atoms with Crippen LogP contribution in [0.25, 0.3) is 0 Å². The molecule has 0 aromatic heterocycles. The first-order valence-corrected chi connectivity index (χ1v) is 8.18. The fourth-order valence-corrected chi connectivity index (χ4v) is 4.27. The lowest BCUT2D eigenvalue weighted by atomic mass is 9.70. The largest absolute Gasteiger partial charge is 0.316 e. The van der Waals surface area contributed by atoms with E-state index >= 15 is 0 Å². The Morgan fingerprint density at radius 2 is 1.74 bits per heavy atom. The van der Waals surface area contributed by atoms with Gasteiger partial charge in [-0.15, -0.1) is 0 Å².